The molecule has 1 N–H and O–H groups in total. The summed E-state index contributed by atoms with van der Waals surface area (Å²) in [5, 5.41) is 3.70. The molecule has 1 aromatic carbocycles. The molecule has 0 bridgehead atoms. The highest BCUT2D eigenvalue weighted by Gasteiger charge is 2.34. The summed E-state index contributed by atoms with van der Waals surface area (Å²) in [5.74, 6) is -0.289. The van der Waals surface area contributed by atoms with Crippen molar-refractivity contribution >= 4 is 27.8 Å². The van der Waals surface area contributed by atoms with Crippen LogP contribution in [0.5, 0.6) is 0 Å². The van der Waals surface area contributed by atoms with Crippen molar-refractivity contribution in [3.63, 3.8) is 0 Å². The second-order valence-electron chi connectivity index (χ2n) is 6.54. The van der Waals surface area contributed by atoms with Gasteiger partial charge >= 0.3 is 0 Å². The average molecular weight is 407 g/mol. The Labute approximate surface area is 162 Å². The van der Waals surface area contributed by atoms with Gasteiger partial charge in [0.1, 0.15) is 0 Å². The topological polar surface area (TPSA) is 126 Å². The van der Waals surface area contributed by atoms with Gasteiger partial charge in [0.2, 0.25) is 15.9 Å². The number of carbonyl (C=O) groups excluding carboxylic acids is 2. The molecule has 0 atom stereocenters. The summed E-state index contributed by atoms with van der Waals surface area (Å²) >= 11 is 0. The molecule has 28 heavy (non-hydrogen) atoms. The number of anilines is 1. The number of nitrogens with one attached hydrogen (secondary N) is 1. The normalized spacial score (nSPS) is 13.9. The molecule has 0 spiro atoms. The Hall–Kier alpha value is -2.79. The van der Waals surface area contributed by atoms with E-state index in [0.29, 0.717) is 29.9 Å². The molecule has 1 aliphatic heterocycles. The van der Waals surface area contributed by atoms with Crippen LogP contribution in [-0.2, 0) is 16.6 Å². The molecule has 11 heteroatoms. The number of hydrogen-bond acceptors (Lipinski definition) is 8. The fourth-order valence-corrected chi connectivity index (χ4v) is 3.82. The second-order valence-corrected chi connectivity index (χ2v) is 8.46. The average Bonchev–Trinajstić information content (AvgIpc) is 3.23. The van der Waals surface area contributed by atoms with Crippen LogP contribution in [0.1, 0.15) is 39.4 Å². The monoisotopic (exact) mass is 407 g/mol. The number of imide groups is 1. The molecular weight excluding hydrogens is 386 g/mol. The third kappa shape index (κ3) is 4.37. The summed E-state index contributed by atoms with van der Waals surface area (Å²) in [6.07, 6.45) is 0.688. The van der Waals surface area contributed by atoms with Crippen LogP contribution in [0.3, 0.4) is 0 Å². The smallest absolute Gasteiger partial charge is 0.265 e. The summed E-state index contributed by atoms with van der Waals surface area (Å²) < 4.78 is 31.5. The van der Waals surface area contributed by atoms with Crippen LogP contribution in [0.15, 0.2) is 28.8 Å². The highest BCUT2D eigenvalue weighted by Crippen LogP contribution is 2.22. The minimum absolute atomic E-state index is 0.0957. The highest BCUT2D eigenvalue weighted by molar-refractivity contribution is 7.89. The number of nitrogens with zero attached hydrogens (tertiary/aromatic N) is 4. The van der Waals surface area contributed by atoms with Gasteiger partial charge in [-0.15, -0.1) is 0 Å². The molecule has 2 amide bonds. The van der Waals surface area contributed by atoms with Gasteiger partial charge < -0.3 is 9.42 Å². The minimum atomic E-state index is -3.55. The fraction of sp³-hybridized carbons (Fsp3) is 0.412. The zero-order chi connectivity index (χ0) is 20.3. The Kier molecular flexibility index (Phi) is 5.75. The number of fused-ring (bicyclic) bond motifs is 1. The van der Waals surface area contributed by atoms with Gasteiger partial charge in [0.05, 0.1) is 23.4 Å². The standard InChI is InChI=1S/C17H21N5O5S/c1-21(2)17-19-14(27-20-17)11-18-28(25,26)10-6-5-9-22-15(23)12-7-3-4-8-13(12)16(22)24/h3-4,7-8,18H,5-6,9-11H2,1-2H3. The van der Waals surface area contributed by atoms with Crippen LogP contribution in [-0.4, -0.2) is 61.7 Å². The number of amides is 2. The van der Waals surface area contributed by atoms with Gasteiger partial charge in [0, 0.05) is 20.6 Å². The molecule has 3 rings (SSSR count). The summed E-state index contributed by atoms with van der Waals surface area (Å²) in [5.41, 5.74) is 0.775. The predicted octanol–water partition coefficient (Wildman–Crippen LogP) is 0.631. The van der Waals surface area contributed by atoms with E-state index in [0.717, 1.165) is 4.90 Å². The summed E-state index contributed by atoms with van der Waals surface area (Å²) in [4.78, 5) is 31.3. The maximum atomic E-state index is 12.3. The molecule has 0 aliphatic carbocycles. The van der Waals surface area contributed by atoms with Gasteiger partial charge in [-0.05, 0) is 30.1 Å². The maximum absolute atomic E-state index is 12.3. The number of unbranched alkanes of at least 4 members (excludes halogenated alkanes) is 1. The molecule has 0 unspecified atom stereocenters. The highest BCUT2D eigenvalue weighted by atomic mass is 32.2. The van der Waals surface area contributed by atoms with Gasteiger partial charge in [0.15, 0.2) is 0 Å². The Morgan fingerprint density at radius 3 is 2.32 bits per heavy atom. The number of benzene rings is 1. The zero-order valence-corrected chi connectivity index (χ0v) is 16.4. The molecule has 0 fully saturated rings. The lowest BCUT2D eigenvalue weighted by molar-refractivity contribution is 0.0652. The van der Waals surface area contributed by atoms with Crippen molar-refractivity contribution < 1.29 is 22.5 Å². The van der Waals surface area contributed by atoms with E-state index < -0.39 is 10.0 Å². The van der Waals surface area contributed by atoms with E-state index >= 15 is 0 Å². The number of aromatic nitrogens is 2. The summed E-state index contributed by atoms with van der Waals surface area (Å²) in [6.45, 7) is 0.0826. The zero-order valence-electron chi connectivity index (χ0n) is 15.6. The van der Waals surface area contributed by atoms with E-state index in [9.17, 15) is 18.0 Å². The third-order valence-electron chi connectivity index (χ3n) is 4.22. The van der Waals surface area contributed by atoms with Crippen molar-refractivity contribution in [2.75, 3.05) is 31.3 Å². The van der Waals surface area contributed by atoms with E-state index in [4.69, 9.17) is 4.52 Å². The van der Waals surface area contributed by atoms with Crippen LogP contribution >= 0.6 is 0 Å². The first kappa shape index (κ1) is 20.0. The lowest BCUT2D eigenvalue weighted by Crippen LogP contribution is -2.31. The van der Waals surface area contributed by atoms with Crippen molar-refractivity contribution in [1.29, 1.82) is 0 Å². The number of sulfonamides is 1. The lowest BCUT2D eigenvalue weighted by Gasteiger charge is -2.13. The molecule has 150 valence electrons. The van der Waals surface area contributed by atoms with Crippen molar-refractivity contribution in [2.24, 2.45) is 0 Å². The fourth-order valence-electron chi connectivity index (χ4n) is 2.75. The van der Waals surface area contributed by atoms with Crippen molar-refractivity contribution in [1.82, 2.24) is 19.8 Å². The van der Waals surface area contributed by atoms with Crippen LogP contribution < -0.4 is 9.62 Å². The first-order chi connectivity index (χ1) is 13.3. The molecular formula is C17H21N5O5S. The lowest BCUT2D eigenvalue weighted by atomic mass is 10.1. The Morgan fingerprint density at radius 2 is 1.75 bits per heavy atom. The van der Waals surface area contributed by atoms with E-state index in [-0.39, 0.29) is 36.5 Å². The largest absolute Gasteiger partial charge is 0.344 e. The van der Waals surface area contributed by atoms with Gasteiger partial charge in [-0.2, -0.15) is 4.98 Å². The van der Waals surface area contributed by atoms with Gasteiger partial charge in [-0.25, -0.2) is 13.1 Å². The Morgan fingerprint density at radius 1 is 1.11 bits per heavy atom. The third-order valence-corrected chi connectivity index (χ3v) is 5.63. The SMILES string of the molecule is CN(C)c1noc(CNS(=O)(=O)CCCCN2C(=O)c3ccccc3C2=O)n1. The van der Waals surface area contributed by atoms with Crippen LogP contribution in [0.2, 0.25) is 0 Å². The van der Waals surface area contributed by atoms with Crippen molar-refractivity contribution in [2.45, 2.75) is 19.4 Å². The summed E-state index contributed by atoms with van der Waals surface area (Å²) in [7, 11) is -0.0605. The van der Waals surface area contributed by atoms with E-state index in [2.05, 4.69) is 14.9 Å². The van der Waals surface area contributed by atoms with E-state index in [1.165, 1.54) is 0 Å². The van der Waals surface area contributed by atoms with Gasteiger partial charge in [-0.1, -0.05) is 12.1 Å². The molecule has 1 aromatic heterocycles. The second kappa shape index (κ2) is 8.07. The van der Waals surface area contributed by atoms with Gasteiger partial charge in [-0.3, -0.25) is 14.5 Å². The predicted molar refractivity (Wildman–Crippen MR) is 100 cm³/mol. The molecule has 0 saturated carbocycles. The molecule has 1 aliphatic rings. The van der Waals surface area contributed by atoms with Crippen LogP contribution in [0.4, 0.5) is 5.95 Å². The Balaban J connectivity index is 1.44. The first-order valence-corrected chi connectivity index (χ1v) is 10.4. The first-order valence-electron chi connectivity index (χ1n) is 8.71. The molecule has 2 heterocycles. The maximum Gasteiger partial charge on any atom is 0.265 e. The molecule has 0 radical (unpaired) electrons. The number of rotatable bonds is 9. The molecule has 2 aromatic rings. The van der Waals surface area contributed by atoms with E-state index in [1.54, 1.807) is 43.3 Å². The molecule has 0 saturated heterocycles. The van der Waals surface area contributed by atoms with Crippen LogP contribution in [0, 0.1) is 0 Å². The van der Waals surface area contributed by atoms with Gasteiger partial charge in [0.25, 0.3) is 17.8 Å². The summed E-state index contributed by atoms with van der Waals surface area (Å²) in [6, 6.07) is 6.64. The Bertz CT molecular complexity index is 950. The minimum Gasteiger partial charge on any atom is -0.344 e. The number of hydrogen-bond donors (Lipinski definition) is 1. The molecule has 10 nitrogen and oxygen atoms in total. The number of carbonyl (C=O) groups is 2. The van der Waals surface area contributed by atoms with Crippen molar-refractivity contribution in [3.8, 4) is 0 Å². The van der Waals surface area contributed by atoms with E-state index in [1.807, 2.05) is 0 Å². The quantitative estimate of drug-likeness (QED) is 0.474. The van der Waals surface area contributed by atoms with Crippen LogP contribution in [0.25, 0.3) is 0 Å². The van der Waals surface area contributed by atoms with Crippen molar-refractivity contribution in [3.05, 3.63) is 41.3 Å².